The molecule has 200 valence electrons. The Balaban J connectivity index is 1.39. The molecule has 2 heterocycles. The van der Waals surface area contributed by atoms with Crippen LogP contribution in [0.15, 0.2) is 79.0 Å². The van der Waals surface area contributed by atoms with Gasteiger partial charge in [0.2, 0.25) is 5.91 Å². The maximum atomic E-state index is 12.7. The smallest absolute Gasteiger partial charge is 0.457 e. The van der Waals surface area contributed by atoms with Crippen LogP contribution in [0.4, 0.5) is 13.2 Å². The van der Waals surface area contributed by atoms with Crippen molar-refractivity contribution in [2.24, 2.45) is 0 Å². The minimum Gasteiger partial charge on any atom is -0.457 e. The van der Waals surface area contributed by atoms with Gasteiger partial charge in [-0.2, -0.15) is 26.7 Å². The Hall–Kier alpha value is -4.65. The molecule has 0 fully saturated rings. The zero-order valence-corrected chi connectivity index (χ0v) is 20.8. The first-order chi connectivity index (χ1) is 18.6. The van der Waals surface area contributed by atoms with Crippen LogP contribution < -0.4 is 9.46 Å². The normalized spacial score (nSPS) is 12.0. The van der Waals surface area contributed by atoms with Crippen molar-refractivity contribution >= 4 is 26.8 Å². The number of nitrogens with zero attached hydrogens (tertiary/aromatic N) is 2. The zero-order chi connectivity index (χ0) is 27.6. The van der Waals surface area contributed by atoms with Crippen molar-refractivity contribution in [3.05, 3.63) is 95.9 Å². The van der Waals surface area contributed by atoms with Gasteiger partial charge >= 0.3 is 15.5 Å². The van der Waals surface area contributed by atoms with Crippen LogP contribution in [0.5, 0.6) is 11.5 Å². The fourth-order valence-corrected chi connectivity index (χ4v) is 4.46. The lowest BCUT2D eigenvalue weighted by Crippen LogP contribution is -2.40. The highest BCUT2D eigenvalue weighted by Crippen LogP contribution is 2.33. The Morgan fingerprint density at radius 2 is 1.79 bits per heavy atom. The molecule has 5 rings (SSSR count). The van der Waals surface area contributed by atoms with Gasteiger partial charge in [0.15, 0.2) is 5.82 Å². The molecule has 0 radical (unpaired) electrons. The lowest BCUT2D eigenvalue weighted by atomic mass is 10.1. The van der Waals surface area contributed by atoms with Crippen molar-refractivity contribution in [1.82, 2.24) is 24.9 Å². The highest BCUT2D eigenvalue weighted by molar-refractivity contribution is 7.90. The van der Waals surface area contributed by atoms with Crippen LogP contribution in [-0.4, -0.2) is 40.0 Å². The number of hydrogen-bond donors (Lipinski definition) is 3. The predicted octanol–water partition coefficient (Wildman–Crippen LogP) is 4.84. The second kappa shape index (κ2) is 10.3. The Morgan fingerprint density at radius 1 is 1.00 bits per heavy atom. The number of halogens is 3. The van der Waals surface area contributed by atoms with Crippen molar-refractivity contribution in [3.63, 3.8) is 0 Å². The highest BCUT2D eigenvalue weighted by atomic mass is 32.2. The van der Waals surface area contributed by atoms with Crippen LogP contribution in [-0.2, 0) is 27.7 Å². The maximum Gasteiger partial charge on any atom is 0.516 e. The van der Waals surface area contributed by atoms with E-state index in [0.29, 0.717) is 40.3 Å². The third-order valence-corrected chi connectivity index (χ3v) is 6.87. The summed E-state index contributed by atoms with van der Waals surface area (Å²) >= 11 is 0. The lowest BCUT2D eigenvalue weighted by molar-refractivity contribution is -0.119. The number of carbonyl (C=O) groups is 1. The van der Waals surface area contributed by atoms with Crippen molar-refractivity contribution < 1.29 is 31.1 Å². The van der Waals surface area contributed by atoms with Gasteiger partial charge in [-0.15, -0.1) is 0 Å². The molecule has 0 unspecified atom stereocenters. The Labute approximate surface area is 220 Å². The van der Waals surface area contributed by atoms with E-state index in [1.54, 1.807) is 42.6 Å². The third kappa shape index (κ3) is 5.77. The van der Waals surface area contributed by atoms with Gasteiger partial charge in [-0.1, -0.05) is 42.5 Å². The van der Waals surface area contributed by atoms with Gasteiger partial charge in [-0.25, -0.2) is 9.71 Å². The molecule has 0 aliphatic carbocycles. The van der Waals surface area contributed by atoms with Crippen LogP contribution in [0.1, 0.15) is 17.0 Å². The van der Waals surface area contributed by atoms with Gasteiger partial charge in [0.05, 0.1) is 6.42 Å². The number of ether oxygens (including phenoxy) is 1. The molecule has 3 aromatic carbocycles. The van der Waals surface area contributed by atoms with E-state index in [-0.39, 0.29) is 11.3 Å². The summed E-state index contributed by atoms with van der Waals surface area (Å²) in [6, 6.07) is 21.4. The molecular weight excluding hydrogens is 535 g/mol. The third-order valence-electron chi connectivity index (χ3n) is 5.76. The minimum atomic E-state index is -5.85. The number of benzene rings is 3. The molecule has 1 amide bonds. The molecule has 5 aromatic rings. The SMILES string of the molecule is O=C(Cc1c(Oc2cccc(-c3n[nH]c(Cc4ccccc4)n3)c2)ccc2[nH]ccc12)NS(=O)(=O)C(F)(F)F. The number of fused-ring (bicyclic) bond motifs is 1. The molecule has 0 atom stereocenters. The van der Waals surface area contributed by atoms with E-state index < -0.39 is 27.9 Å². The number of rotatable bonds is 8. The van der Waals surface area contributed by atoms with E-state index in [9.17, 15) is 26.4 Å². The molecule has 9 nitrogen and oxygen atoms in total. The molecular formula is C26H20F3N5O4S. The second-order valence-electron chi connectivity index (χ2n) is 8.53. The van der Waals surface area contributed by atoms with Gasteiger partial charge in [-0.3, -0.25) is 9.89 Å². The summed E-state index contributed by atoms with van der Waals surface area (Å²) in [5, 5.41) is 7.69. The Morgan fingerprint density at radius 3 is 2.56 bits per heavy atom. The Kier molecular flexibility index (Phi) is 6.83. The molecule has 2 aromatic heterocycles. The Bertz CT molecular complexity index is 1750. The summed E-state index contributed by atoms with van der Waals surface area (Å²) < 4.78 is 68.1. The number of alkyl halides is 3. The number of carbonyl (C=O) groups excluding carboxylic acids is 1. The largest absolute Gasteiger partial charge is 0.516 e. The van der Waals surface area contributed by atoms with Gasteiger partial charge in [0.25, 0.3) is 0 Å². The fourth-order valence-electron chi connectivity index (χ4n) is 3.98. The highest BCUT2D eigenvalue weighted by Gasteiger charge is 2.47. The zero-order valence-electron chi connectivity index (χ0n) is 20.0. The average molecular weight is 556 g/mol. The molecule has 3 N–H and O–H groups in total. The summed E-state index contributed by atoms with van der Waals surface area (Å²) in [4.78, 5) is 19.8. The number of amides is 1. The van der Waals surface area contributed by atoms with Crippen LogP contribution >= 0.6 is 0 Å². The summed E-state index contributed by atoms with van der Waals surface area (Å²) in [6.07, 6.45) is 1.47. The van der Waals surface area contributed by atoms with Crippen LogP contribution in [0.2, 0.25) is 0 Å². The van der Waals surface area contributed by atoms with Crippen molar-refractivity contribution in [2.75, 3.05) is 0 Å². The van der Waals surface area contributed by atoms with Gasteiger partial charge in [0, 0.05) is 34.6 Å². The summed E-state index contributed by atoms with van der Waals surface area (Å²) in [5.41, 5.74) is -3.12. The predicted molar refractivity (Wildman–Crippen MR) is 136 cm³/mol. The summed E-state index contributed by atoms with van der Waals surface area (Å²) in [7, 11) is -5.85. The van der Waals surface area contributed by atoms with Crippen LogP contribution in [0.3, 0.4) is 0 Å². The van der Waals surface area contributed by atoms with Gasteiger partial charge in [-0.05, 0) is 35.9 Å². The van der Waals surface area contributed by atoms with E-state index in [4.69, 9.17) is 4.74 Å². The number of hydrogen-bond acceptors (Lipinski definition) is 6. The first-order valence-corrected chi connectivity index (χ1v) is 13.0. The lowest BCUT2D eigenvalue weighted by Gasteiger charge is -2.14. The molecule has 0 aliphatic heterocycles. The van der Waals surface area contributed by atoms with E-state index in [1.807, 2.05) is 30.3 Å². The summed E-state index contributed by atoms with van der Waals surface area (Å²) in [6.45, 7) is 0. The van der Waals surface area contributed by atoms with Crippen molar-refractivity contribution in [1.29, 1.82) is 0 Å². The number of sulfonamides is 1. The molecule has 0 bridgehead atoms. The van der Waals surface area contributed by atoms with Gasteiger partial charge < -0.3 is 9.72 Å². The summed E-state index contributed by atoms with van der Waals surface area (Å²) in [5.74, 6) is 0.262. The molecule has 0 saturated heterocycles. The number of nitrogens with one attached hydrogen (secondary N) is 3. The van der Waals surface area contributed by atoms with Gasteiger partial charge in [0.1, 0.15) is 17.3 Å². The second-order valence-corrected chi connectivity index (χ2v) is 10.2. The first-order valence-electron chi connectivity index (χ1n) is 11.5. The topological polar surface area (TPSA) is 130 Å². The molecule has 0 aliphatic rings. The van der Waals surface area contributed by atoms with Crippen LogP contribution in [0.25, 0.3) is 22.3 Å². The molecule has 13 heteroatoms. The maximum absolute atomic E-state index is 12.7. The minimum absolute atomic E-state index is 0.165. The van der Waals surface area contributed by atoms with Crippen molar-refractivity contribution in [2.45, 2.75) is 18.3 Å². The van der Waals surface area contributed by atoms with Crippen LogP contribution in [0, 0.1) is 0 Å². The average Bonchev–Trinajstić information content (AvgIpc) is 3.55. The molecule has 0 saturated carbocycles. The van der Waals surface area contributed by atoms with E-state index in [0.717, 1.165) is 10.3 Å². The quantitative estimate of drug-likeness (QED) is 0.251. The van der Waals surface area contributed by atoms with Crippen molar-refractivity contribution in [3.8, 4) is 22.9 Å². The number of aromatic amines is 2. The van der Waals surface area contributed by atoms with E-state index in [2.05, 4.69) is 20.2 Å². The fraction of sp³-hybridized carbons (Fsp3) is 0.115. The number of H-pyrrole nitrogens is 2. The first kappa shape index (κ1) is 26.0. The van der Waals surface area contributed by atoms with E-state index in [1.165, 1.54) is 6.07 Å². The standard InChI is InChI=1S/C26H20F3N5O4S/c27-26(28,29)39(36,37)34-24(35)15-20-19-11-12-30-21(19)9-10-22(20)38-18-8-4-7-17(14-18)25-31-23(32-33-25)13-16-5-2-1-3-6-16/h1-12,14,30H,13,15H2,(H,34,35)(H,31,32,33). The number of aromatic nitrogens is 4. The van der Waals surface area contributed by atoms with E-state index >= 15 is 0 Å². The molecule has 0 spiro atoms. The monoisotopic (exact) mass is 555 g/mol. The molecule has 39 heavy (non-hydrogen) atoms.